The molecule has 1 fully saturated rings. The Labute approximate surface area is 197 Å². The third-order valence-electron chi connectivity index (χ3n) is 5.59. The molecule has 2 amide bonds. The summed E-state index contributed by atoms with van der Waals surface area (Å²) in [6.07, 6.45) is -2.77. The van der Waals surface area contributed by atoms with E-state index in [4.69, 9.17) is 10.5 Å². The van der Waals surface area contributed by atoms with Crippen molar-refractivity contribution in [3.63, 3.8) is 0 Å². The van der Waals surface area contributed by atoms with Crippen LogP contribution in [0.4, 0.5) is 19.1 Å². The molecule has 0 unspecified atom stereocenters. The Morgan fingerprint density at radius 1 is 1.06 bits per heavy atom. The summed E-state index contributed by atoms with van der Waals surface area (Å²) in [7, 11) is 0. The normalized spacial score (nSPS) is 14.5. The number of ether oxygens (including phenoxy) is 1. The van der Waals surface area contributed by atoms with Crippen LogP contribution in [0.15, 0.2) is 30.6 Å². The first-order valence-electron chi connectivity index (χ1n) is 10.8. The zero-order chi connectivity index (χ0) is 25.0. The SMILES string of the molecule is NC(=O)c1ccc2nnn(CCOCCC(=O)N3CCN(c4ncc(C(F)(F)F)cn4)CC3)c2c1. The monoisotopic (exact) mass is 492 g/mol. The minimum absolute atomic E-state index is 0.0738. The lowest BCUT2D eigenvalue weighted by atomic mass is 10.2. The van der Waals surface area contributed by atoms with Gasteiger partial charge in [0.25, 0.3) is 0 Å². The molecule has 0 bridgehead atoms. The fourth-order valence-electron chi connectivity index (χ4n) is 3.64. The minimum atomic E-state index is -4.48. The molecule has 1 aliphatic heterocycles. The van der Waals surface area contributed by atoms with Gasteiger partial charge in [-0.3, -0.25) is 9.59 Å². The topological polar surface area (TPSA) is 132 Å². The van der Waals surface area contributed by atoms with Crippen LogP contribution in [0.3, 0.4) is 0 Å². The minimum Gasteiger partial charge on any atom is -0.379 e. The van der Waals surface area contributed by atoms with Crippen LogP contribution in [0.5, 0.6) is 0 Å². The van der Waals surface area contributed by atoms with Crippen molar-refractivity contribution in [2.24, 2.45) is 5.73 Å². The standard InChI is InChI=1S/C21H23F3N8O3/c22-21(23,24)15-12-26-20(27-13-15)31-6-4-30(5-7-31)18(33)3-9-35-10-8-32-17-11-14(19(25)34)1-2-16(17)28-29-32/h1-2,11-13H,3-10H2,(H2,25,34). The molecule has 2 N–H and O–H groups in total. The zero-order valence-electron chi connectivity index (χ0n) is 18.6. The highest BCUT2D eigenvalue weighted by molar-refractivity contribution is 5.96. The maximum absolute atomic E-state index is 12.7. The van der Waals surface area contributed by atoms with Gasteiger partial charge in [-0.15, -0.1) is 5.10 Å². The van der Waals surface area contributed by atoms with Gasteiger partial charge in [0.2, 0.25) is 17.8 Å². The van der Waals surface area contributed by atoms with Gasteiger partial charge in [-0.1, -0.05) is 5.21 Å². The number of halogens is 3. The molecule has 11 nitrogen and oxygen atoms in total. The van der Waals surface area contributed by atoms with Crippen LogP contribution >= 0.6 is 0 Å². The highest BCUT2D eigenvalue weighted by Crippen LogP contribution is 2.28. The number of benzene rings is 1. The molecule has 14 heteroatoms. The number of carbonyl (C=O) groups excluding carboxylic acids is 2. The molecular weight excluding hydrogens is 469 g/mol. The van der Waals surface area contributed by atoms with Gasteiger partial charge < -0.3 is 20.3 Å². The van der Waals surface area contributed by atoms with Crippen LogP contribution in [0.1, 0.15) is 22.3 Å². The van der Waals surface area contributed by atoms with Crippen molar-refractivity contribution in [2.75, 3.05) is 44.3 Å². The summed E-state index contributed by atoms with van der Waals surface area (Å²) in [5.41, 5.74) is 6.07. The van der Waals surface area contributed by atoms with Crippen molar-refractivity contribution < 1.29 is 27.5 Å². The van der Waals surface area contributed by atoms with E-state index < -0.39 is 17.6 Å². The van der Waals surface area contributed by atoms with Crippen molar-refractivity contribution in [1.29, 1.82) is 0 Å². The van der Waals surface area contributed by atoms with Crippen molar-refractivity contribution in [3.8, 4) is 0 Å². The van der Waals surface area contributed by atoms with Crippen molar-refractivity contribution in [2.45, 2.75) is 19.1 Å². The largest absolute Gasteiger partial charge is 0.419 e. The third-order valence-corrected chi connectivity index (χ3v) is 5.59. The summed E-state index contributed by atoms with van der Waals surface area (Å²) in [5, 5.41) is 8.07. The van der Waals surface area contributed by atoms with E-state index in [1.807, 2.05) is 0 Å². The third kappa shape index (κ3) is 5.82. The van der Waals surface area contributed by atoms with E-state index in [0.29, 0.717) is 55.9 Å². The number of aromatic nitrogens is 5. The second-order valence-corrected chi connectivity index (χ2v) is 7.88. The summed E-state index contributed by atoms with van der Waals surface area (Å²) < 4.78 is 45.1. The smallest absolute Gasteiger partial charge is 0.379 e. The summed E-state index contributed by atoms with van der Waals surface area (Å²) in [4.78, 5) is 34.9. The molecule has 1 aromatic carbocycles. The Balaban J connectivity index is 1.18. The molecule has 4 rings (SSSR count). The van der Waals surface area contributed by atoms with Crippen LogP contribution in [-0.4, -0.2) is 81.1 Å². The molecule has 0 radical (unpaired) electrons. The van der Waals surface area contributed by atoms with Crippen LogP contribution < -0.4 is 10.6 Å². The van der Waals surface area contributed by atoms with Gasteiger partial charge in [-0.2, -0.15) is 13.2 Å². The van der Waals surface area contributed by atoms with E-state index in [9.17, 15) is 22.8 Å². The van der Waals surface area contributed by atoms with Crippen molar-refractivity contribution in [1.82, 2.24) is 29.9 Å². The Hall–Kier alpha value is -3.81. The number of anilines is 1. The first kappa shape index (κ1) is 24.3. The molecule has 0 spiro atoms. The van der Waals surface area contributed by atoms with Gasteiger partial charge in [0.05, 0.1) is 37.3 Å². The summed E-state index contributed by atoms with van der Waals surface area (Å²) in [5.74, 6) is -0.408. The number of carbonyl (C=O) groups is 2. The van der Waals surface area contributed by atoms with E-state index in [1.54, 1.807) is 32.7 Å². The molecule has 0 saturated carbocycles. The Kier molecular flexibility index (Phi) is 7.10. The van der Waals surface area contributed by atoms with E-state index in [2.05, 4.69) is 20.3 Å². The molecule has 3 aromatic rings. The summed E-state index contributed by atoms with van der Waals surface area (Å²) >= 11 is 0. The maximum Gasteiger partial charge on any atom is 0.419 e. The van der Waals surface area contributed by atoms with E-state index in [1.165, 1.54) is 0 Å². The molecular formula is C21H23F3N8O3. The highest BCUT2D eigenvalue weighted by atomic mass is 19.4. The number of fused-ring (bicyclic) bond motifs is 1. The fraction of sp³-hybridized carbons (Fsp3) is 0.429. The Bertz CT molecular complexity index is 1190. The van der Waals surface area contributed by atoms with E-state index >= 15 is 0 Å². The average Bonchev–Trinajstić information content (AvgIpc) is 3.25. The number of piperazine rings is 1. The van der Waals surface area contributed by atoms with Crippen LogP contribution in [0.25, 0.3) is 11.0 Å². The van der Waals surface area contributed by atoms with Gasteiger partial charge in [0.1, 0.15) is 5.52 Å². The fourth-order valence-corrected chi connectivity index (χ4v) is 3.64. The Morgan fingerprint density at radius 3 is 2.43 bits per heavy atom. The number of nitrogens with two attached hydrogens (primary N) is 1. The predicted octanol–water partition coefficient (Wildman–Crippen LogP) is 1.09. The quantitative estimate of drug-likeness (QED) is 0.462. The first-order chi connectivity index (χ1) is 16.7. The van der Waals surface area contributed by atoms with E-state index in [-0.39, 0.29) is 24.9 Å². The lowest BCUT2D eigenvalue weighted by molar-refractivity contribution is -0.138. The molecule has 0 atom stereocenters. The maximum atomic E-state index is 12.7. The van der Waals surface area contributed by atoms with Gasteiger partial charge >= 0.3 is 6.18 Å². The second kappa shape index (κ2) is 10.2. The number of hydrogen-bond acceptors (Lipinski definition) is 8. The summed E-state index contributed by atoms with van der Waals surface area (Å²) in [6, 6.07) is 4.88. The lowest BCUT2D eigenvalue weighted by Gasteiger charge is -2.34. The van der Waals surface area contributed by atoms with Crippen molar-refractivity contribution >= 4 is 28.8 Å². The average molecular weight is 492 g/mol. The second-order valence-electron chi connectivity index (χ2n) is 7.88. The van der Waals surface area contributed by atoms with Crippen molar-refractivity contribution in [3.05, 3.63) is 41.7 Å². The lowest BCUT2D eigenvalue weighted by Crippen LogP contribution is -2.49. The Morgan fingerprint density at radius 2 is 1.77 bits per heavy atom. The van der Waals surface area contributed by atoms with Crippen LogP contribution in [-0.2, 0) is 22.3 Å². The molecule has 1 aliphatic rings. The van der Waals surface area contributed by atoms with E-state index in [0.717, 1.165) is 12.4 Å². The number of alkyl halides is 3. The van der Waals surface area contributed by atoms with Crippen LogP contribution in [0, 0.1) is 0 Å². The van der Waals surface area contributed by atoms with Crippen LogP contribution in [0.2, 0.25) is 0 Å². The number of amides is 2. The van der Waals surface area contributed by atoms with Gasteiger partial charge in [0.15, 0.2) is 0 Å². The number of nitrogens with zero attached hydrogens (tertiary/aromatic N) is 7. The molecule has 3 heterocycles. The van der Waals surface area contributed by atoms with Gasteiger partial charge in [-0.25, -0.2) is 14.6 Å². The zero-order valence-corrected chi connectivity index (χ0v) is 18.6. The van der Waals surface area contributed by atoms with Gasteiger partial charge in [-0.05, 0) is 18.2 Å². The molecule has 0 aliphatic carbocycles. The number of primary amides is 1. The molecule has 186 valence electrons. The molecule has 35 heavy (non-hydrogen) atoms. The summed E-state index contributed by atoms with van der Waals surface area (Å²) in [6.45, 7) is 2.58. The highest BCUT2D eigenvalue weighted by Gasteiger charge is 2.32. The molecule has 2 aromatic heterocycles. The molecule has 1 saturated heterocycles. The number of rotatable bonds is 8. The predicted molar refractivity (Wildman–Crippen MR) is 117 cm³/mol. The first-order valence-corrected chi connectivity index (χ1v) is 10.8. The number of hydrogen-bond donors (Lipinski definition) is 1. The van der Waals surface area contributed by atoms with Gasteiger partial charge in [0, 0.05) is 44.1 Å².